The molecule has 0 aliphatic rings. The van der Waals surface area contributed by atoms with Gasteiger partial charge in [0.15, 0.2) is 11.6 Å². The van der Waals surface area contributed by atoms with E-state index < -0.39 is 5.24 Å². The Hall–Kier alpha value is -2.63. The van der Waals surface area contributed by atoms with Crippen LogP contribution in [0.15, 0.2) is 76.5 Å². The number of nitrogens with two attached hydrogens (primary N) is 2. The lowest BCUT2D eigenvalue weighted by Crippen LogP contribution is -2.14. The van der Waals surface area contributed by atoms with Crippen LogP contribution in [0, 0.1) is 0 Å². The first kappa shape index (κ1) is 29.9. The van der Waals surface area contributed by atoms with Gasteiger partial charge < -0.3 is 11.6 Å². The van der Waals surface area contributed by atoms with Crippen molar-refractivity contribution in [3.8, 4) is 22.1 Å². The summed E-state index contributed by atoms with van der Waals surface area (Å²) in [6.07, 6.45) is 0. The number of nitrogens with one attached hydrogen (secondary N) is 1. The Labute approximate surface area is 251 Å². The van der Waals surface area contributed by atoms with E-state index >= 15 is 0 Å². The Balaban J connectivity index is 0.000000172. The van der Waals surface area contributed by atoms with E-state index in [-0.39, 0.29) is 0 Å². The molecule has 38 heavy (non-hydrogen) atoms. The van der Waals surface area contributed by atoms with Crippen molar-refractivity contribution < 1.29 is 4.79 Å². The number of rotatable bonds is 4. The van der Waals surface area contributed by atoms with Crippen LogP contribution in [-0.2, 0) is 0 Å². The minimum Gasteiger partial charge on any atom is -0.382 e. The summed E-state index contributed by atoms with van der Waals surface area (Å²) in [7, 11) is 0. The number of carbonyl (C=O) groups excluding carboxylic acids is 1. The van der Waals surface area contributed by atoms with Gasteiger partial charge in [-0.05, 0) is 83.0 Å². The van der Waals surface area contributed by atoms with Gasteiger partial charge in [0.1, 0.15) is 10.7 Å². The molecular formula is C24H17Cl5N6OS2. The summed E-state index contributed by atoms with van der Waals surface area (Å²) in [5.74, 6) is 6.59. The van der Waals surface area contributed by atoms with E-state index in [1.807, 2.05) is 35.7 Å². The van der Waals surface area contributed by atoms with Gasteiger partial charge in [0, 0.05) is 21.2 Å². The fourth-order valence-electron chi connectivity index (χ4n) is 2.68. The average Bonchev–Trinajstić information content (AvgIpc) is 3.66. The first-order valence-electron chi connectivity index (χ1n) is 10.3. The van der Waals surface area contributed by atoms with E-state index in [0.29, 0.717) is 42.5 Å². The molecule has 0 unspecified atom stereocenters. The first-order valence-corrected chi connectivity index (χ1v) is 14.0. The Bertz CT molecular complexity index is 1510. The van der Waals surface area contributed by atoms with Crippen molar-refractivity contribution in [2.45, 2.75) is 0 Å². The van der Waals surface area contributed by atoms with E-state index in [1.165, 1.54) is 22.7 Å². The third kappa shape index (κ3) is 8.44. The summed E-state index contributed by atoms with van der Waals surface area (Å²) in [6, 6.07) is 17.8. The molecule has 0 fully saturated rings. The topological polar surface area (TPSA) is 123 Å². The van der Waals surface area contributed by atoms with Crippen LogP contribution in [0.4, 0.5) is 0 Å². The van der Waals surface area contributed by atoms with Crippen molar-refractivity contribution in [1.82, 2.24) is 15.2 Å². The maximum absolute atomic E-state index is 10.4. The normalized spacial score (nSPS) is 10.7. The summed E-state index contributed by atoms with van der Waals surface area (Å²) in [5, 5.41) is 16.0. The smallest absolute Gasteiger partial charge is 0.263 e. The highest BCUT2D eigenvalue weighted by Crippen LogP contribution is 2.31. The van der Waals surface area contributed by atoms with Crippen LogP contribution in [0.25, 0.3) is 22.1 Å². The van der Waals surface area contributed by atoms with Gasteiger partial charge in [0.25, 0.3) is 5.24 Å². The zero-order chi connectivity index (χ0) is 27.7. The first-order chi connectivity index (χ1) is 18.2. The Morgan fingerprint density at radius 2 is 1.42 bits per heavy atom. The van der Waals surface area contributed by atoms with E-state index in [1.54, 1.807) is 35.7 Å². The van der Waals surface area contributed by atoms with Crippen molar-refractivity contribution >= 4 is 91.8 Å². The minimum atomic E-state index is -0.491. The van der Waals surface area contributed by atoms with Crippen molar-refractivity contribution in [1.29, 1.82) is 0 Å². The van der Waals surface area contributed by atoms with Gasteiger partial charge in [0.2, 0.25) is 0 Å². The van der Waals surface area contributed by atoms with Gasteiger partial charge in [-0.15, -0.1) is 22.7 Å². The van der Waals surface area contributed by atoms with Gasteiger partial charge in [0.05, 0.1) is 14.9 Å². The summed E-state index contributed by atoms with van der Waals surface area (Å²) >= 11 is 31.0. The summed E-state index contributed by atoms with van der Waals surface area (Å²) in [4.78, 5) is 16.2. The van der Waals surface area contributed by atoms with Crippen LogP contribution in [-0.4, -0.2) is 26.3 Å². The van der Waals surface area contributed by atoms with Crippen molar-refractivity contribution in [3.05, 3.63) is 102 Å². The minimum absolute atomic E-state index is 0.307. The van der Waals surface area contributed by atoms with Crippen molar-refractivity contribution in [3.63, 3.8) is 0 Å². The van der Waals surface area contributed by atoms with Gasteiger partial charge in [-0.25, -0.2) is 4.98 Å². The third-order valence-electron chi connectivity index (χ3n) is 4.49. The third-order valence-corrected chi connectivity index (χ3v) is 7.99. The summed E-state index contributed by atoms with van der Waals surface area (Å²) in [6.45, 7) is 0. The van der Waals surface area contributed by atoms with E-state index in [9.17, 15) is 4.79 Å². The van der Waals surface area contributed by atoms with Crippen LogP contribution < -0.4 is 11.6 Å². The number of benzene rings is 2. The second kappa shape index (κ2) is 14.5. The van der Waals surface area contributed by atoms with Crippen LogP contribution in [0.5, 0.6) is 0 Å². The number of hydrazone groups is 1. The largest absolute Gasteiger partial charge is 0.382 e. The van der Waals surface area contributed by atoms with Gasteiger partial charge >= 0.3 is 0 Å². The molecule has 0 radical (unpaired) electrons. The number of carbonyl (C=O) groups is 1. The Morgan fingerprint density at radius 3 is 1.89 bits per heavy atom. The quantitative estimate of drug-likeness (QED) is 0.0597. The predicted molar refractivity (Wildman–Crippen MR) is 161 cm³/mol. The Kier molecular flexibility index (Phi) is 11.4. The maximum Gasteiger partial charge on any atom is 0.263 e. The lowest BCUT2D eigenvalue weighted by Gasteiger charge is -1.97. The molecule has 0 bridgehead atoms. The zero-order valence-electron chi connectivity index (χ0n) is 19.0. The molecule has 14 heteroatoms. The van der Waals surface area contributed by atoms with Crippen LogP contribution >= 0.6 is 80.7 Å². The van der Waals surface area contributed by atoms with E-state index in [2.05, 4.69) is 20.3 Å². The number of amidine groups is 1. The molecule has 0 aliphatic carbocycles. The van der Waals surface area contributed by atoms with Gasteiger partial charge in [-0.2, -0.15) is 10.2 Å². The molecule has 0 amide bonds. The van der Waals surface area contributed by atoms with Crippen molar-refractivity contribution in [2.24, 2.45) is 16.7 Å². The number of H-pyrrole nitrogens is 1. The molecule has 196 valence electrons. The molecule has 3 aromatic heterocycles. The Morgan fingerprint density at radius 1 is 0.842 bits per heavy atom. The summed E-state index contributed by atoms with van der Waals surface area (Å²) < 4.78 is 0. The fraction of sp³-hybridized carbons (Fsp3) is 0. The van der Waals surface area contributed by atoms with E-state index in [4.69, 9.17) is 69.6 Å². The highest BCUT2D eigenvalue weighted by atomic mass is 35.5. The summed E-state index contributed by atoms with van der Waals surface area (Å²) in [5.41, 5.74) is 7.11. The maximum atomic E-state index is 10.4. The molecule has 7 nitrogen and oxygen atoms in total. The molecule has 5 aromatic rings. The van der Waals surface area contributed by atoms with Crippen LogP contribution in [0.3, 0.4) is 0 Å². The van der Waals surface area contributed by atoms with Crippen LogP contribution in [0.1, 0.15) is 15.2 Å². The number of hydrogen-bond donors (Lipinski definition) is 3. The number of aromatic amines is 1. The number of hydrogen-bond acceptors (Lipinski definition) is 7. The standard InChI is InChI=1S/C12H7Cl2N3S.C7H8ClN3.C5H2Cl2OS/c13-8-3-1-7(2-4-8)11-15-12(17-16-11)10-9(14)5-6-18-10;8-6-3-1-5(2-4-6)7(9)11-10;6-3-1-2-9-4(3)5(7)8/h1-6H,(H,15,16,17);1-4H,10H2,(H2,9,11);1-2H. The molecule has 2 aromatic carbocycles. The van der Waals surface area contributed by atoms with E-state index in [0.717, 1.165) is 16.0 Å². The lowest BCUT2D eigenvalue weighted by molar-refractivity contribution is 0.108. The number of nitrogens with zero attached hydrogens (tertiary/aromatic N) is 3. The van der Waals surface area contributed by atoms with Gasteiger partial charge in [-0.3, -0.25) is 9.89 Å². The second-order valence-electron chi connectivity index (χ2n) is 7.00. The number of aromatic nitrogens is 3. The molecule has 5 N–H and O–H groups in total. The lowest BCUT2D eigenvalue weighted by atomic mass is 10.2. The fourth-order valence-corrected chi connectivity index (χ4v) is 5.27. The average molecular weight is 647 g/mol. The zero-order valence-corrected chi connectivity index (χ0v) is 24.5. The van der Waals surface area contributed by atoms with Crippen LogP contribution in [0.2, 0.25) is 20.1 Å². The molecule has 3 heterocycles. The predicted octanol–water partition coefficient (Wildman–Crippen LogP) is 8.21. The number of thiophene rings is 2. The molecule has 0 spiro atoms. The second-order valence-corrected chi connectivity index (χ2v) is 10.9. The SMILES string of the molecule is Clc1ccc(-c2n[nH]c(-c3sccc3Cl)n2)cc1.NN=C(N)c1ccc(Cl)cc1.O=C(Cl)c1sccc1Cl. The highest BCUT2D eigenvalue weighted by molar-refractivity contribution is 7.14. The monoisotopic (exact) mass is 644 g/mol. The molecular weight excluding hydrogens is 630 g/mol. The number of halogens is 5. The van der Waals surface area contributed by atoms with Crippen molar-refractivity contribution in [2.75, 3.05) is 0 Å². The van der Waals surface area contributed by atoms with Gasteiger partial charge in [-0.1, -0.05) is 46.4 Å². The molecule has 0 aliphatic heterocycles. The molecule has 5 rings (SSSR count). The highest BCUT2D eigenvalue weighted by Gasteiger charge is 2.11. The molecule has 0 atom stereocenters. The molecule has 0 saturated carbocycles. The molecule has 0 saturated heterocycles.